The number of hydrogen-bond donors (Lipinski definition) is 2. The van der Waals surface area contributed by atoms with E-state index in [4.69, 9.17) is 5.11 Å². The number of carbonyl (C=O) groups is 1. The van der Waals surface area contributed by atoms with Crippen LogP contribution in [0.25, 0.3) is 0 Å². The normalized spacial score (nSPS) is 9.92. The third-order valence-electron chi connectivity index (χ3n) is 1.55. The monoisotopic (exact) mass is 243 g/mol. The predicted molar refractivity (Wildman–Crippen MR) is 53.5 cm³/mol. The van der Waals surface area contributed by atoms with E-state index < -0.39 is 5.97 Å². The molecule has 0 amide bonds. The number of benzene rings is 1. The molecule has 3 nitrogen and oxygen atoms in total. The van der Waals surface area contributed by atoms with Crippen molar-refractivity contribution < 1.29 is 9.90 Å². The van der Waals surface area contributed by atoms with E-state index in [-0.39, 0.29) is 6.54 Å². The highest BCUT2D eigenvalue weighted by Gasteiger charge is 1.99. The van der Waals surface area contributed by atoms with Crippen molar-refractivity contribution >= 4 is 21.9 Å². The summed E-state index contributed by atoms with van der Waals surface area (Å²) < 4.78 is 0.993. The Morgan fingerprint density at radius 3 is 2.77 bits per heavy atom. The molecule has 0 spiro atoms. The highest BCUT2D eigenvalue weighted by Crippen LogP contribution is 2.14. The second-order valence-corrected chi connectivity index (χ2v) is 3.44. The Balaban J connectivity index is 2.45. The summed E-state index contributed by atoms with van der Waals surface area (Å²) in [5.41, 5.74) is 1.06. The Kier molecular flexibility index (Phi) is 3.92. The second kappa shape index (κ2) is 4.99. The highest BCUT2D eigenvalue weighted by atomic mass is 79.9. The van der Waals surface area contributed by atoms with Crippen LogP contribution in [0.15, 0.2) is 28.7 Å². The van der Waals surface area contributed by atoms with Crippen molar-refractivity contribution in [2.45, 2.75) is 6.54 Å². The molecule has 4 heteroatoms. The lowest BCUT2D eigenvalue weighted by Gasteiger charge is -2.03. The Hall–Kier alpha value is -0.870. The molecule has 0 aliphatic rings. The zero-order chi connectivity index (χ0) is 9.68. The molecule has 1 aromatic carbocycles. The van der Waals surface area contributed by atoms with Crippen LogP contribution in [0.4, 0.5) is 0 Å². The predicted octanol–water partition coefficient (Wildman–Crippen LogP) is 1.62. The molecule has 1 rings (SSSR count). The smallest absolute Gasteiger partial charge is 0.317 e. The van der Waals surface area contributed by atoms with E-state index in [9.17, 15) is 4.79 Å². The molecule has 0 bridgehead atoms. The summed E-state index contributed by atoms with van der Waals surface area (Å²) in [7, 11) is 0. The van der Waals surface area contributed by atoms with Gasteiger partial charge in [0.2, 0.25) is 0 Å². The number of carboxylic acid groups (broad SMARTS) is 1. The molecule has 0 unspecified atom stereocenters. The lowest BCUT2D eigenvalue weighted by molar-refractivity contribution is -0.135. The number of rotatable bonds is 4. The first kappa shape index (κ1) is 10.2. The maximum absolute atomic E-state index is 10.2. The Labute approximate surface area is 84.9 Å². The average molecular weight is 244 g/mol. The van der Waals surface area contributed by atoms with E-state index in [1.807, 2.05) is 24.3 Å². The summed E-state index contributed by atoms with van der Waals surface area (Å²) in [5, 5.41) is 11.2. The topological polar surface area (TPSA) is 49.3 Å². The molecule has 13 heavy (non-hydrogen) atoms. The number of carboxylic acids is 1. The molecule has 70 valence electrons. The summed E-state index contributed by atoms with van der Waals surface area (Å²) in [6.45, 7) is 0.551. The standard InChI is InChI=1S/C9H10BrNO2/c10-8-4-2-1-3-7(8)5-11-6-9(12)13/h1-4,11H,5-6H2,(H,12,13). The van der Waals surface area contributed by atoms with E-state index >= 15 is 0 Å². The van der Waals surface area contributed by atoms with Gasteiger partial charge in [0.1, 0.15) is 0 Å². The number of halogens is 1. The first-order valence-electron chi connectivity index (χ1n) is 3.86. The number of nitrogens with one attached hydrogen (secondary N) is 1. The molecular formula is C9H10BrNO2. The lowest BCUT2D eigenvalue weighted by Crippen LogP contribution is -2.21. The fourth-order valence-corrected chi connectivity index (χ4v) is 1.37. The van der Waals surface area contributed by atoms with Gasteiger partial charge < -0.3 is 10.4 Å². The molecule has 0 aliphatic heterocycles. The quantitative estimate of drug-likeness (QED) is 0.846. The molecule has 0 fully saturated rings. The van der Waals surface area contributed by atoms with Gasteiger partial charge in [-0.1, -0.05) is 34.1 Å². The summed E-state index contributed by atoms with van der Waals surface area (Å²) in [6, 6.07) is 7.71. The minimum atomic E-state index is -0.841. The van der Waals surface area contributed by atoms with E-state index in [2.05, 4.69) is 21.2 Å². The maximum Gasteiger partial charge on any atom is 0.317 e. The van der Waals surface area contributed by atoms with Gasteiger partial charge >= 0.3 is 5.97 Å². The van der Waals surface area contributed by atoms with Gasteiger partial charge in [0.05, 0.1) is 6.54 Å². The fourth-order valence-electron chi connectivity index (χ4n) is 0.946. The molecule has 0 radical (unpaired) electrons. The summed E-state index contributed by atoms with van der Waals surface area (Å²) in [4.78, 5) is 10.2. The zero-order valence-corrected chi connectivity index (χ0v) is 8.54. The van der Waals surface area contributed by atoms with Crippen molar-refractivity contribution in [3.8, 4) is 0 Å². The first-order chi connectivity index (χ1) is 6.20. The average Bonchev–Trinajstić information content (AvgIpc) is 2.08. The van der Waals surface area contributed by atoms with Gasteiger partial charge in [0.25, 0.3) is 0 Å². The Morgan fingerprint density at radius 2 is 2.15 bits per heavy atom. The fraction of sp³-hybridized carbons (Fsp3) is 0.222. The van der Waals surface area contributed by atoms with Gasteiger partial charge in [-0.25, -0.2) is 0 Å². The van der Waals surface area contributed by atoms with E-state index in [1.54, 1.807) is 0 Å². The third kappa shape index (κ3) is 3.57. The van der Waals surface area contributed by atoms with E-state index in [1.165, 1.54) is 0 Å². The molecule has 2 N–H and O–H groups in total. The molecule has 1 aromatic rings. The van der Waals surface area contributed by atoms with Crippen molar-refractivity contribution in [2.75, 3.05) is 6.54 Å². The minimum absolute atomic E-state index is 0.0126. The highest BCUT2D eigenvalue weighted by molar-refractivity contribution is 9.10. The summed E-state index contributed by atoms with van der Waals surface area (Å²) in [6.07, 6.45) is 0. The SMILES string of the molecule is O=C(O)CNCc1ccccc1Br. The molecule has 0 aromatic heterocycles. The van der Waals surface area contributed by atoms with E-state index in [0.717, 1.165) is 10.0 Å². The zero-order valence-electron chi connectivity index (χ0n) is 6.96. The maximum atomic E-state index is 10.2. The largest absolute Gasteiger partial charge is 0.480 e. The van der Waals surface area contributed by atoms with Crippen molar-refractivity contribution in [1.29, 1.82) is 0 Å². The van der Waals surface area contributed by atoms with Crippen LogP contribution in [0.5, 0.6) is 0 Å². The minimum Gasteiger partial charge on any atom is -0.480 e. The van der Waals surface area contributed by atoms with Crippen LogP contribution in [0.1, 0.15) is 5.56 Å². The van der Waals surface area contributed by atoms with Crippen molar-refractivity contribution in [3.63, 3.8) is 0 Å². The first-order valence-corrected chi connectivity index (χ1v) is 4.65. The molecular weight excluding hydrogens is 234 g/mol. The van der Waals surface area contributed by atoms with Crippen molar-refractivity contribution in [1.82, 2.24) is 5.32 Å². The third-order valence-corrected chi connectivity index (χ3v) is 2.32. The van der Waals surface area contributed by atoms with Gasteiger partial charge in [-0.15, -0.1) is 0 Å². The van der Waals surface area contributed by atoms with Crippen LogP contribution >= 0.6 is 15.9 Å². The summed E-state index contributed by atoms with van der Waals surface area (Å²) in [5.74, 6) is -0.841. The number of hydrogen-bond acceptors (Lipinski definition) is 2. The van der Waals surface area contributed by atoms with Crippen LogP contribution < -0.4 is 5.32 Å². The molecule has 0 saturated carbocycles. The summed E-state index contributed by atoms with van der Waals surface area (Å²) >= 11 is 3.38. The lowest BCUT2D eigenvalue weighted by atomic mass is 10.2. The second-order valence-electron chi connectivity index (χ2n) is 2.59. The van der Waals surface area contributed by atoms with Gasteiger partial charge in [-0.2, -0.15) is 0 Å². The van der Waals surface area contributed by atoms with Crippen molar-refractivity contribution in [2.24, 2.45) is 0 Å². The van der Waals surface area contributed by atoms with E-state index in [0.29, 0.717) is 6.54 Å². The van der Waals surface area contributed by atoms with Crippen LogP contribution in [-0.2, 0) is 11.3 Å². The van der Waals surface area contributed by atoms with Crippen LogP contribution in [-0.4, -0.2) is 17.6 Å². The molecule has 0 atom stereocenters. The Morgan fingerprint density at radius 1 is 1.46 bits per heavy atom. The van der Waals surface area contributed by atoms with Crippen LogP contribution in [0.2, 0.25) is 0 Å². The number of aliphatic carboxylic acids is 1. The molecule has 0 aliphatic carbocycles. The van der Waals surface area contributed by atoms with Gasteiger partial charge in [-0.3, -0.25) is 4.79 Å². The van der Waals surface area contributed by atoms with Crippen LogP contribution in [0.3, 0.4) is 0 Å². The molecule has 0 heterocycles. The Bertz CT molecular complexity index is 301. The molecule has 0 saturated heterocycles. The van der Waals surface area contributed by atoms with Gasteiger partial charge in [0.15, 0.2) is 0 Å². The van der Waals surface area contributed by atoms with Crippen LogP contribution in [0, 0.1) is 0 Å². The van der Waals surface area contributed by atoms with Crippen molar-refractivity contribution in [3.05, 3.63) is 34.3 Å². The van der Waals surface area contributed by atoms with Gasteiger partial charge in [-0.05, 0) is 11.6 Å². The van der Waals surface area contributed by atoms with Gasteiger partial charge in [0, 0.05) is 11.0 Å².